The van der Waals surface area contributed by atoms with Crippen LogP contribution in [-0.4, -0.2) is 40.3 Å². The summed E-state index contributed by atoms with van der Waals surface area (Å²) in [5, 5.41) is 3.11. The molecule has 0 amide bonds. The number of alkyl halides is 1. The van der Waals surface area contributed by atoms with Crippen LogP contribution in [0.1, 0.15) is 23.2 Å². The molecular weight excluding hydrogens is 287 g/mol. The van der Waals surface area contributed by atoms with Crippen molar-refractivity contribution in [1.82, 2.24) is 14.5 Å². The third kappa shape index (κ3) is 3.08. The zero-order valence-corrected chi connectivity index (χ0v) is 12.2. The number of anilines is 1. The van der Waals surface area contributed by atoms with Gasteiger partial charge in [-0.1, -0.05) is 0 Å². The molecule has 6 nitrogen and oxygen atoms in total. The summed E-state index contributed by atoms with van der Waals surface area (Å²) < 4.78 is 19.1. The summed E-state index contributed by atoms with van der Waals surface area (Å²) in [7, 11) is 1.34. The Morgan fingerprint density at radius 3 is 2.82 bits per heavy atom. The van der Waals surface area contributed by atoms with Crippen LogP contribution in [0.3, 0.4) is 0 Å². The van der Waals surface area contributed by atoms with Gasteiger partial charge in [0.25, 0.3) is 0 Å². The van der Waals surface area contributed by atoms with E-state index >= 15 is 0 Å². The van der Waals surface area contributed by atoms with Crippen molar-refractivity contribution < 1.29 is 13.9 Å². The predicted molar refractivity (Wildman–Crippen MR) is 78.8 cm³/mol. The molecule has 1 N–H and O–H groups in total. The van der Waals surface area contributed by atoms with Gasteiger partial charge in [-0.05, 0) is 24.8 Å². The number of halogens is 1. The molecule has 0 atom stereocenters. The molecule has 22 heavy (non-hydrogen) atoms. The van der Waals surface area contributed by atoms with Crippen molar-refractivity contribution in [3.63, 3.8) is 0 Å². The molecule has 1 fully saturated rings. The smallest absolute Gasteiger partial charge is 0.339 e. The van der Waals surface area contributed by atoms with Crippen molar-refractivity contribution in [1.29, 1.82) is 0 Å². The highest BCUT2D eigenvalue weighted by molar-refractivity contribution is 5.89. The van der Waals surface area contributed by atoms with Gasteiger partial charge in [0, 0.05) is 18.9 Å². The average Bonchev–Trinajstić information content (AvgIpc) is 3.00. The van der Waals surface area contributed by atoms with Gasteiger partial charge in [0.1, 0.15) is 6.17 Å². The molecule has 0 saturated heterocycles. The molecule has 0 bridgehead atoms. The molecule has 0 radical (unpaired) electrons. The number of methoxy groups -OCH3 is 1. The van der Waals surface area contributed by atoms with Crippen molar-refractivity contribution >= 4 is 11.9 Å². The first-order valence-corrected chi connectivity index (χ1v) is 7.12. The van der Waals surface area contributed by atoms with Crippen LogP contribution in [0.4, 0.5) is 10.3 Å². The summed E-state index contributed by atoms with van der Waals surface area (Å²) in [6, 6.07) is 1.67. The van der Waals surface area contributed by atoms with E-state index in [4.69, 9.17) is 0 Å². The summed E-state index contributed by atoms with van der Waals surface area (Å²) in [5.41, 5.74) is 1.21. The molecule has 0 aromatic carbocycles. The van der Waals surface area contributed by atoms with Crippen LogP contribution < -0.4 is 5.32 Å². The fourth-order valence-corrected chi connectivity index (χ4v) is 2.40. The second-order valence-electron chi connectivity index (χ2n) is 5.38. The van der Waals surface area contributed by atoms with E-state index in [1.54, 1.807) is 35.4 Å². The Labute approximate surface area is 127 Å². The maximum absolute atomic E-state index is 12.7. The number of esters is 1. The fraction of sp³-hybridized carbons (Fsp3) is 0.400. The molecule has 1 aliphatic rings. The van der Waals surface area contributed by atoms with Crippen LogP contribution in [0, 0.1) is 5.92 Å². The Bertz CT molecular complexity index is 650. The van der Waals surface area contributed by atoms with Crippen LogP contribution >= 0.6 is 0 Å². The second-order valence-corrected chi connectivity index (χ2v) is 5.38. The van der Waals surface area contributed by atoms with E-state index in [2.05, 4.69) is 20.0 Å². The molecule has 0 aliphatic heterocycles. The maximum atomic E-state index is 12.7. The maximum Gasteiger partial charge on any atom is 0.339 e. The topological polar surface area (TPSA) is 69.0 Å². The second kappa shape index (κ2) is 6.13. The molecule has 2 heterocycles. The largest absolute Gasteiger partial charge is 0.465 e. The highest BCUT2D eigenvalue weighted by atomic mass is 19.1. The molecule has 0 unspecified atom stereocenters. The van der Waals surface area contributed by atoms with Crippen molar-refractivity contribution in [2.75, 3.05) is 19.0 Å². The number of nitrogens with one attached hydrogen (secondary N) is 1. The first-order chi connectivity index (χ1) is 10.7. The van der Waals surface area contributed by atoms with Gasteiger partial charge in [-0.2, -0.15) is 0 Å². The molecule has 7 heteroatoms. The van der Waals surface area contributed by atoms with E-state index in [0.29, 0.717) is 36.8 Å². The minimum Gasteiger partial charge on any atom is -0.465 e. The van der Waals surface area contributed by atoms with Crippen molar-refractivity contribution in [2.45, 2.75) is 19.0 Å². The monoisotopic (exact) mass is 304 g/mol. The van der Waals surface area contributed by atoms with Gasteiger partial charge in [-0.25, -0.2) is 19.2 Å². The third-order valence-corrected chi connectivity index (χ3v) is 3.78. The first kappa shape index (κ1) is 14.5. The van der Waals surface area contributed by atoms with Crippen LogP contribution in [0.2, 0.25) is 0 Å². The molecule has 2 aromatic rings. The number of hydrogen-bond donors (Lipinski definition) is 1. The Morgan fingerprint density at radius 1 is 1.45 bits per heavy atom. The third-order valence-electron chi connectivity index (χ3n) is 3.78. The summed E-state index contributed by atoms with van der Waals surface area (Å²) in [4.78, 5) is 19.9. The number of nitrogens with zero attached hydrogens (tertiary/aromatic N) is 3. The molecule has 3 rings (SSSR count). The highest BCUT2D eigenvalue weighted by Crippen LogP contribution is 2.29. The quantitative estimate of drug-likeness (QED) is 0.858. The highest BCUT2D eigenvalue weighted by Gasteiger charge is 2.28. The lowest BCUT2D eigenvalue weighted by Gasteiger charge is -2.29. The van der Waals surface area contributed by atoms with E-state index in [1.807, 2.05) is 0 Å². The zero-order chi connectivity index (χ0) is 15.5. The van der Waals surface area contributed by atoms with Crippen LogP contribution in [-0.2, 0) is 4.74 Å². The van der Waals surface area contributed by atoms with Crippen molar-refractivity contribution in [3.05, 3.63) is 36.4 Å². The lowest BCUT2D eigenvalue weighted by Crippen LogP contribution is -2.30. The Hall–Kier alpha value is -2.44. The van der Waals surface area contributed by atoms with Crippen molar-refractivity contribution in [3.8, 4) is 5.69 Å². The number of carbonyl (C=O) groups excluding carboxylic acids is 1. The lowest BCUT2D eigenvalue weighted by molar-refractivity contribution is 0.0601. The Balaban J connectivity index is 1.61. The zero-order valence-electron chi connectivity index (χ0n) is 12.2. The number of carbonyl (C=O) groups is 1. The minimum atomic E-state index is -0.646. The Morgan fingerprint density at radius 2 is 2.18 bits per heavy atom. The summed E-state index contributed by atoms with van der Waals surface area (Å²) >= 11 is 0. The van der Waals surface area contributed by atoms with Gasteiger partial charge in [0.15, 0.2) is 0 Å². The minimum absolute atomic E-state index is 0.366. The SMILES string of the molecule is COC(=O)c1ccn(-c2cnc(NCC3CC(F)C3)nc2)c1. The van der Waals surface area contributed by atoms with Crippen LogP contribution in [0.25, 0.3) is 5.69 Å². The van der Waals surface area contributed by atoms with E-state index in [-0.39, 0.29) is 5.97 Å². The molecule has 1 saturated carbocycles. The first-order valence-electron chi connectivity index (χ1n) is 7.12. The molecule has 2 aromatic heterocycles. The van der Waals surface area contributed by atoms with E-state index in [0.717, 1.165) is 5.69 Å². The molecule has 116 valence electrons. The van der Waals surface area contributed by atoms with Gasteiger partial charge in [0.2, 0.25) is 5.95 Å². The molecular formula is C15H17FN4O2. The van der Waals surface area contributed by atoms with E-state index < -0.39 is 6.17 Å². The van der Waals surface area contributed by atoms with Gasteiger partial charge in [0.05, 0.1) is 30.8 Å². The number of ether oxygens (including phenoxy) is 1. The van der Waals surface area contributed by atoms with Crippen molar-refractivity contribution in [2.24, 2.45) is 5.92 Å². The van der Waals surface area contributed by atoms with Gasteiger partial charge in [-0.15, -0.1) is 0 Å². The predicted octanol–water partition coefficient (Wildman–Crippen LogP) is 2.21. The lowest BCUT2D eigenvalue weighted by atomic mass is 9.83. The number of aromatic nitrogens is 3. The van der Waals surface area contributed by atoms with Gasteiger partial charge >= 0.3 is 5.97 Å². The van der Waals surface area contributed by atoms with E-state index in [1.165, 1.54) is 7.11 Å². The fourth-order valence-electron chi connectivity index (χ4n) is 2.40. The van der Waals surface area contributed by atoms with Crippen LogP contribution in [0.15, 0.2) is 30.9 Å². The van der Waals surface area contributed by atoms with Gasteiger partial charge in [-0.3, -0.25) is 0 Å². The standard InChI is InChI=1S/C15H17FN4O2/c1-22-14(21)11-2-3-20(9-11)13-7-18-15(19-8-13)17-6-10-4-12(16)5-10/h2-3,7-10,12H,4-6H2,1H3,(H,17,18,19). The number of hydrogen-bond acceptors (Lipinski definition) is 5. The van der Waals surface area contributed by atoms with E-state index in [9.17, 15) is 9.18 Å². The summed E-state index contributed by atoms with van der Waals surface area (Å²) in [5.74, 6) is 0.501. The number of rotatable bonds is 5. The summed E-state index contributed by atoms with van der Waals surface area (Å²) in [6.45, 7) is 0.690. The van der Waals surface area contributed by atoms with Gasteiger partial charge < -0.3 is 14.6 Å². The Kier molecular flexibility index (Phi) is 4.04. The summed E-state index contributed by atoms with van der Waals surface area (Å²) in [6.07, 6.45) is 7.31. The molecule has 0 spiro atoms. The normalized spacial score (nSPS) is 20.3. The van der Waals surface area contributed by atoms with Crippen LogP contribution in [0.5, 0.6) is 0 Å². The molecule has 1 aliphatic carbocycles. The average molecular weight is 304 g/mol.